The van der Waals surface area contributed by atoms with Crippen molar-refractivity contribution in [2.24, 2.45) is 12.8 Å². The molecule has 6 heteroatoms. The van der Waals surface area contributed by atoms with Crippen molar-refractivity contribution in [3.63, 3.8) is 0 Å². The van der Waals surface area contributed by atoms with Crippen molar-refractivity contribution in [2.75, 3.05) is 0 Å². The van der Waals surface area contributed by atoms with Gasteiger partial charge in [-0.05, 0) is 17.7 Å². The van der Waals surface area contributed by atoms with Crippen LogP contribution in [0.5, 0.6) is 0 Å². The van der Waals surface area contributed by atoms with E-state index in [4.69, 9.17) is 17.3 Å². The Labute approximate surface area is 113 Å². The maximum absolute atomic E-state index is 6.15. The first-order valence-corrected chi connectivity index (χ1v) is 6.28. The molecule has 2 rings (SSSR count). The van der Waals surface area contributed by atoms with Crippen molar-refractivity contribution in [3.8, 4) is 0 Å². The lowest BCUT2D eigenvalue weighted by Crippen LogP contribution is -2.16. The quantitative estimate of drug-likeness (QED) is 0.946. The van der Waals surface area contributed by atoms with Gasteiger partial charge in [-0.25, -0.2) is 4.98 Å². The molecule has 1 unspecified atom stereocenters. The van der Waals surface area contributed by atoms with Gasteiger partial charge in [0.25, 0.3) is 0 Å². The summed E-state index contributed by atoms with van der Waals surface area (Å²) in [5.41, 5.74) is 7.04. The summed E-state index contributed by atoms with van der Waals surface area (Å²) in [6.45, 7) is 0. The second kappa shape index (κ2) is 5.16. The van der Waals surface area contributed by atoms with Crippen molar-refractivity contribution in [2.45, 2.75) is 12.5 Å². The Morgan fingerprint density at radius 3 is 2.88 bits per heavy atom. The van der Waals surface area contributed by atoms with Crippen molar-refractivity contribution in [3.05, 3.63) is 45.4 Å². The molecule has 1 heterocycles. The van der Waals surface area contributed by atoms with Crippen LogP contribution in [-0.4, -0.2) is 14.8 Å². The summed E-state index contributed by atoms with van der Waals surface area (Å²) in [6, 6.07) is 5.51. The molecule has 1 atom stereocenters. The van der Waals surface area contributed by atoms with Gasteiger partial charge in [-0.2, -0.15) is 5.10 Å². The molecule has 17 heavy (non-hydrogen) atoms. The van der Waals surface area contributed by atoms with Crippen LogP contribution in [0, 0.1) is 0 Å². The minimum Gasteiger partial charge on any atom is -0.324 e. The van der Waals surface area contributed by atoms with Crippen molar-refractivity contribution in [1.29, 1.82) is 0 Å². The van der Waals surface area contributed by atoms with Crippen LogP contribution in [0.25, 0.3) is 0 Å². The van der Waals surface area contributed by atoms with Crippen LogP contribution in [0.1, 0.15) is 17.4 Å². The number of nitrogens with zero attached hydrogens (tertiary/aromatic N) is 3. The molecule has 0 aliphatic rings. The Morgan fingerprint density at radius 1 is 1.53 bits per heavy atom. The summed E-state index contributed by atoms with van der Waals surface area (Å²) in [5, 5.41) is 4.67. The minimum atomic E-state index is -0.182. The highest BCUT2D eigenvalue weighted by atomic mass is 79.9. The molecule has 0 amide bonds. The molecule has 1 aromatic carbocycles. The van der Waals surface area contributed by atoms with E-state index in [-0.39, 0.29) is 6.04 Å². The standard InChI is InChI=1S/C11H12BrClN4/c1-17-11(15-6-16-17)5-10(14)8-3-2-7(12)4-9(8)13/h2-4,6,10H,5,14H2,1H3. The molecule has 0 saturated carbocycles. The van der Waals surface area contributed by atoms with E-state index in [0.29, 0.717) is 11.4 Å². The van der Waals surface area contributed by atoms with E-state index in [1.54, 1.807) is 4.68 Å². The topological polar surface area (TPSA) is 56.7 Å². The highest BCUT2D eigenvalue weighted by Gasteiger charge is 2.13. The van der Waals surface area contributed by atoms with Gasteiger partial charge in [-0.1, -0.05) is 33.6 Å². The number of aryl methyl sites for hydroxylation is 1. The number of nitrogens with two attached hydrogens (primary N) is 1. The molecule has 0 spiro atoms. The molecule has 90 valence electrons. The SMILES string of the molecule is Cn1ncnc1CC(N)c1ccc(Br)cc1Cl. The van der Waals surface area contributed by atoms with Crippen LogP contribution in [0.3, 0.4) is 0 Å². The van der Waals surface area contributed by atoms with Crippen molar-refractivity contribution < 1.29 is 0 Å². The first kappa shape index (κ1) is 12.5. The zero-order chi connectivity index (χ0) is 12.4. The number of hydrogen-bond donors (Lipinski definition) is 1. The van der Waals surface area contributed by atoms with Gasteiger partial charge < -0.3 is 5.73 Å². The molecule has 4 nitrogen and oxygen atoms in total. The summed E-state index contributed by atoms with van der Waals surface area (Å²) in [4.78, 5) is 4.15. The zero-order valence-electron chi connectivity index (χ0n) is 9.27. The average molecular weight is 316 g/mol. The van der Waals surface area contributed by atoms with E-state index in [1.807, 2.05) is 25.2 Å². The zero-order valence-corrected chi connectivity index (χ0v) is 11.6. The summed E-state index contributed by atoms with van der Waals surface area (Å²) < 4.78 is 2.66. The minimum absolute atomic E-state index is 0.182. The smallest absolute Gasteiger partial charge is 0.138 e. The van der Waals surface area contributed by atoms with E-state index in [9.17, 15) is 0 Å². The largest absolute Gasteiger partial charge is 0.324 e. The average Bonchev–Trinajstić information content (AvgIpc) is 2.64. The third-order valence-electron chi connectivity index (χ3n) is 2.57. The van der Waals surface area contributed by atoms with Gasteiger partial charge in [0, 0.05) is 29.0 Å². The summed E-state index contributed by atoms with van der Waals surface area (Å²) >= 11 is 9.52. The van der Waals surface area contributed by atoms with Gasteiger partial charge in [0.05, 0.1) is 0 Å². The van der Waals surface area contributed by atoms with Crippen LogP contribution >= 0.6 is 27.5 Å². The summed E-state index contributed by atoms with van der Waals surface area (Å²) in [7, 11) is 1.85. The molecule has 0 saturated heterocycles. The van der Waals surface area contributed by atoms with Gasteiger partial charge in [-0.3, -0.25) is 4.68 Å². The predicted octanol–water partition coefficient (Wildman–Crippen LogP) is 2.47. The monoisotopic (exact) mass is 314 g/mol. The molecule has 2 aromatic rings. The normalized spacial score (nSPS) is 12.7. The molecular weight excluding hydrogens is 304 g/mol. The highest BCUT2D eigenvalue weighted by Crippen LogP contribution is 2.26. The Balaban J connectivity index is 2.20. The summed E-state index contributed by atoms with van der Waals surface area (Å²) in [5.74, 6) is 0.844. The summed E-state index contributed by atoms with van der Waals surface area (Å²) in [6.07, 6.45) is 2.13. The molecule has 1 aromatic heterocycles. The Bertz CT molecular complexity index is 526. The maximum Gasteiger partial charge on any atom is 0.138 e. The lowest BCUT2D eigenvalue weighted by Gasteiger charge is -2.13. The van der Waals surface area contributed by atoms with Crippen LogP contribution in [-0.2, 0) is 13.5 Å². The number of hydrogen-bond acceptors (Lipinski definition) is 3. The van der Waals surface area contributed by atoms with Crippen LogP contribution in [0.4, 0.5) is 0 Å². The lowest BCUT2D eigenvalue weighted by molar-refractivity contribution is 0.629. The lowest BCUT2D eigenvalue weighted by atomic mass is 10.0. The van der Waals surface area contributed by atoms with E-state index in [0.717, 1.165) is 15.9 Å². The fraction of sp³-hybridized carbons (Fsp3) is 0.273. The fourth-order valence-corrected chi connectivity index (χ4v) is 2.43. The van der Waals surface area contributed by atoms with Gasteiger partial charge >= 0.3 is 0 Å². The molecule has 0 aliphatic carbocycles. The molecule has 0 fully saturated rings. The van der Waals surface area contributed by atoms with Crippen molar-refractivity contribution >= 4 is 27.5 Å². The fourth-order valence-electron chi connectivity index (χ4n) is 1.61. The van der Waals surface area contributed by atoms with Gasteiger partial charge in [0.1, 0.15) is 12.2 Å². The number of halogens is 2. The van der Waals surface area contributed by atoms with Crippen LogP contribution in [0.2, 0.25) is 5.02 Å². The van der Waals surface area contributed by atoms with Gasteiger partial charge in [0.15, 0.2) is 0 Å². The predicted molar refractivity (Wildman–Crippen MR) is 70.8 cm³/mol. The Kier molecular flexibility index (Phi) is 3.81. The van der Waals surface area contributed by atoms with Gasteiger partial charge in [0.2, 0.25) is 0 Å². The van der Waals surface area contributed by atoms with Gasteiger partial charge in [-0.15, -0.1) is 0 Å². The first-order valence-electron chi connectivity index (χ1n) is 5.11. The van der Waals surface area contributed by atoms with Crippen LogP contribution in [0.15, 0.2) is 29.0 Å². The Morgan fingerprint density at radius 2 is 2.29 bits per heavy atom. The molecule has 0 bridgehead atoms. The van der Waals surface area contributed by atoms with Crippen molar-refractivity contribution in [1.82, 2.24) is 14.8 Å². The highest BCUT2D eigenvalue weighted by molar-refractivity contribution is 9.10. The number of aromatic nitrogens is 3. The van der Waals surface area contributed by atoms with E-state index >= 15 is 0 Å². The first-order chi connectivity index (χ1) is 8.08. The van der Waals surface area contributed by atoms with E-state index in [2.05, 4.69) is 26.0 Å². The third-order valence-corrected chi connectivity index (χ3v) is 3.39. The third kappa shape index (κ3) is 2.86. The number of rotatable bonds is 3. The molecule has 0 radical (unpaired) electrons. The van der Waals surface area contributed by atoms with E-state index < -0.39 is 0 Å². The maximum atomic E-state index is 6.15. The second-order valence-corrected chi connectivity index (χ2v) is 5.10. The number of benzene rings is 1. The molecular formula is C11H12BrClN4. The van der Waals surface area contributed by atoms with E-state index in [1.165, 1.54) is 6.33 Å². The Hall–Kier alpha value is -0.910. The molecule has 2 N–H and O–H groups in total. The van der Waals surface area contributed by atoms with Crippen LogP contribution < -0.4 is 5.73 Å². The second-order valence-electron chi connectivity index (χ2n) is 3.78. The molecule has 0 aliphatic heterocycles.